The van der Waals surface area contributed by atoms with E-state index in [4.69, 9.17) is 5.14 Å². The van der Waals surface area contributed by atoms with Crippen LogP contribution >= 0.6 is 11.3 Å². The average molecular weight is 551 g/mol. The molecule has 1 saturated heterocycles. The van der Waals surface area contributed by atoms with Crippen molar-refractivity contribution < 1.29 is 21.6 Å². The number of likely N-dealkylation sites (tertiary alicyclic amines) is 1. The van der Waals surface area contributed by atoms with Gasteiger partial charge in [-0.15, -0.1) is 11.3 Å². The van der Waals surface area contributed by atoms with Crippen LogP contribution in [0, 0.1) is 11.8 Å². The average Bonchev–Trinajstić information content (AvgIpc) is 3.16. The summed E-state index contributed by atoms with van der Waals surface area (Å²) < 4.78 is 64.2. The van der Waals surface area contributed by atoms with E-state index in [2.05, 4.69) is 34.4 Å². The molecule has 1 atom stereocenters. The van der Waals surface area contributed by atoms with E-state index in [1.54, 1.807) is 31.2 Å². The summed E-state index contributed by atoms with van der Waals surface area (Å²) in [4.78, 5) is 2.65. The van der Waals surface area contributed by atoms with Crippen LogP contribution in [0.5, 0.6) is 0 Å². The summed E-state index contributed by atoms with van der Waals surface area (Å²) >= 11 is 1.28. The number of piperidine rings is 1. The number of nitrogens with zero attached hydrogens (tertiary/aromatic N) is 1. The highest BCUT2D eigenvalue weighted by molar-refractivity contribution is 7.89. The molecule has 2 aromatic carbocycles. The number of fused-ring (bicyclic) bond motifs is 1. The van der Waals surface area contributed by atoms with E-state index in [0.29, 0.717) is 16.0 Å². The van der Waals surface area contributed by atoms with Gasteiger partial charge in [0.2, 0.25) is 10.0 Å². The fraction of sp³-hybridized carbons (Fsp3) is 0.385. The predicted molar refractivity (Wildman–Crippen MR) is 144 cm³/mol. The molecule has 0 saturated carbocycles. The molecule has 1 aromatic heterocycles. The molecule has 0 aliphatic carbocycles. The molecule has 6 nitrogen and oxygen atoms in total. The van der Waals surface area contributed by atoms with Crippen LogP contribution in [-0.4, -0.2) is 51.7 Å². The van der Waals surface area contributed by atoms with Gasteiger partial charge in [0.25, 0.3) is 0 Å². The molecule has 0 unspecified atom stereocenters. The topological polar surface area (TPSA) is 87.5 Å². The number of sulfonamides is 1. The van der Waals surface area contributed by atoms with E-state index in [1.807, 2.05) is 6.07 Å². The molecule has 0 amide bonds. The minimum atomic E-state index is -4.36. The molecule has 3 aromatic rings. The number of rotatable bonds is 6. The fourth-order valence-electron chi connectivity index (χ4n) is 4.33. The van der Waals surface area contributed by atoms with Gasteiger partial charge in [0.15, 0.2) is 0 Å². The van der Waals surface area contributed by atoms with Crippen molar-refractivity contribution in [1.29, 1.82) is 0 Å². The molecule has 0 radical (unpaired) electrons. The van der Waals surface area contributed by atoms with Crippen molar-refractivity contribution in [2.24, 2.45) is 5.14 Å². The first-order chi connectivity index (χ1) is 17.4. The normalized spacial score (nSPS) is 16.3. The maximum atomic E-state index is 13.5. The Morgan fingerprint density at radius 2 is 1.84 bits per heavy atom. The Bertz CT molecular complexity index is 1420. The van der Waals surface area contributed by atoms with Gasteiger partial charge in [-0.1, -0.05) is 24.0 Å². The van der Waals surface area contributed by atoms with E-state index in [9.17, 15) is 21.6 Å². The van der Waals surface area contributed by atoms with Crippen LogP contribution in [0.4, 0.5) is 24.5 Å². The zero-order chi connectivity index (χ0) is 26.8. The minimum absolute atomic E-state index is 0.0106. The Hall–Kier alpha value is -2.78. The Balaban J connectivity index is 1.60. The first-order valence-corrected chi connectivity index (χ1v) is 14.2. The van der Waals surface area contributed by atoms with E-state index < -0.39 is 28.7 Å². The van der Waals surface area contributed by atoms with Crippen molar-refractivity contribution in [3.05, 3.63) is 52.9 Å². The number of thiophene rings is 1. The van der Waals surface area contributed by atoms with Crippen LogP contribution in [0.2, 0.25) is 0 Å². The number of benzene rings is 2. The minimum Gasteiger partial charge on any atom is -0.381 e. The molecule has 1 aliphatic heterocycles. The van der Waals surface area contributed by atoms with Crippen LogP contribution in [0.25, 0.3) is 10.1 Å². The summed E-state index contributed by atoms with van der Waals surface area (Å²) in [6.07, 6.45) is -3.47. The van der Waals surface area contributed by atoms with Gasteiger partial charge < -0.3 is 15.5 Å². The largest absolute Gasteiger partial charge is 0.393 e. The van der Waals surface area contributed by atoms with Crippen LogP contribution < -0.4 is 15.8 Å². The summed E-state index contributed by atoms with van der Waals surface area (Å²) in [5.41, 5.74) is 1.65. The van der Waals surface area contributed by atoms with Gasteiger partial charge in [-0.3, -0.25) is 0 Å². The third-order valence-electron chi connectivity index (χ3n) is 6.24. The van der Waals surface area contributed by atoms with E-state index >= 15 is 0 Å². The van der Waals surface area contributed by atoms with Gasteiger partial charge in [-0.05, 0) is 81.2 Å². The maximum Gasteiger partial charge on any atom is 0.393 e. The molecule has 11 heteroatoms. The zero-order valence-corrected chi connectivity index (χ0v) is 22.2. The van der Waals surface area contributed by atoms with Crippen molar-refractivity contribution >= 4 is 42.8 Å². The summed E-state index contributed by atoms with van der Waals surface area (Å²) in [6, 6.07) is 11.2. The molecular weight excluding hydrogens is 521 g/mol. The Kier molecular flexibility index (Phi) is 8.04. The van der Waals surface area contributed by atoms with Crippen molar-refractivity contribution in [3.63, 3.8) is 0 Å². The lowest BCUT2D eigenvalue weighted by Crippen LogP contribution is -2.36. The molecule has 4 N–H and O–H groups in total. The van der Waals surface area contributed by atoms with Gasteiger partial charge in [0, 0.05) is 11.7 Å². The zero-order valence-electron chi connectivity index (χ0n) is 20.5. The first kappa shape index (κ1) is 27.3. The third-order valence-corrected chi connectivity index (χ3v) is 8.37. The standard InChI is InChI=1S/C26H29F3N4O2S2/c1-17(31-18-7-9-20(10-8-18)37(30,34)35)6-11-24-22(16-26(27,28)29)21-4-3-5-23(25(21)36-24)32-19-12-14-33(2)15-13-19/h3-5,7-10,17,19,31-32H,12-16H2,1-2H3,(H2,30,34,35)/t17-/m0/s1. The van der Waals surface area contributed by atoms with Crippen molar-refractivity contribution in [2.45, 2.75) is 49.3 Å². The highest BCUT2D eigenvalue weighted by atomic mass is 32.2. The number of primary sulfonamides is 1. The van der Waals surface area contributed by atoms with E-state index in [0.717, 1.165) is 36.3 Å². The number of halogens is 3. The van der Waals surface area contributed by atoms with E-state index in [-0.39, 0.29) is 16.5 Å². The highest BCUT2D eigenvalue weighted by Crippen LogP contribution is 2.39. The third kappa shape index (κ3) is 7.17. The summed E-state index contributed by atoms with van der Waals surface area (Å²) in [5, 5.41) is 12.4. The van der Waals surface area contributed by atoms with Crippen LogP contribution in [0.3, 0.4) is 0 Å². The quantitative estimate of drug-likeness (QED) is 0.376. The Labute approximate surface area is 219 Å². The Morgan fingerprint density at radius 3 is 2.46 bits per heavy atom. The lowest BCUT2D eigenvalue weighted by molar-refractivity contribution is -0.126. The molecule has 4 rings (SSSR count). The van der Waals surface area contributed by atoms with Gasteiger partial charge in [0.1, 0.15) is 0 Å². The summed E-state index contributed by atoms with van der Waals surface area (Å²) in [6.45, 7) is 3.73. The fourth-order valence-corrected chi connectivity index (χ4v) is 6.01. The summed E-state index contributed by atoms with van der Waals surface area (Å²) in [5.74, 6) is 5.97. The Morgan fingerprint density at radius 1 is 1.16 bits per heavy atom. The second-order valence-electron chi connectivity index (χ2n) is 9.31. The number of anilines is 2. The second kappa shape index (κ2) is 10.9. The van der Waals surface area contributed by atoms with Gasteiger partial charge in [-0.2, -0.15) is 13.2 Å². The lowest BCUT2D eigenvalue weighted by Gasteiger charge is -2.30. The SMILES string of the molecule is C[C@@H](C#Cc1sc2c(NC3CCN(C)CC3)cccc2c1CC(F)(F)F)Nc1ccc(S(N)(=O)=O)cc1. The van der Waals surface area contributed by atoms with Crippen LogP contribution in [0.1, 0.15) is 30.2 Å². The molecule has 0 spiro atoms. The van der Waals surface area contributed by atoms with Crippen molar-refractivity contribution in [3.8, 4) is 11.8 Å². The van der Waals surface area contributed by atoms with Gasteiger partial charge in [-0.25, -0.2) is 13.6 Å². The van der Waals surface area contributed by atoms with Crippen molar-refractivity contribution in [2.75, 3.05) is 30.8 Å². The van der Waals surface area contributed by atoms with E-state index in [1.165, 1.54) is 23.5 Å². The smallest absolute Gasteiger partial charge is 0.381 e. The molecule has 37 heavy (non-hydrogen) atoms. The summed E-state index contributed by atoms with van der Waals surface area (Å²) in [7, 11) is -1.71. The molecule has 198 valence electrons. The van der Waals surface area contributed by atoms with Gasteiger partial charge in [0.05, 0.1) is 32.6 Å². The molecule has 1 fully saturated rings. The number of alkyl halides is 3. The molecular formula is C26H29F3N4O2S2. The number of hydrogen-bond acceptors (Lipinski definition) is 6. The number of nitrogens with two attached hydrogens (primary N) is 1. The second-order valence-corrected chi connectivity index (χ2v) is 11.9. The van der Waals surface area contributed by atoms with Crippen LogP contribution in [0.15, 0.2) is 47.4 Å². The number of hydrogen-bond donors (Lipinski definition) is 3. The lowest BCUT2D eigenvalue weighted by atomic mass is 10.0. The first-order valence-electron chi connectivity index (χ1n) is 11.9. The van der Waals surface area contributed by atoms with Crippen LogP contribution in [-0.2, 0) is 16.4 Å². The van der Waals surface area contributed by atoms with Crippen molar-refractivity contribution in [1.82, 2.24) is 4.90 Å². The molecule has 0 bridgehead atoms. The number of nitrogens with one attached hydrogen (secondary N) is 2. The maximum absolute atomic E-state index is 13.5. The molecule has 2 heterocycles. The van der Waals surface area contributed by atoms with Gasteiger partial charge >= 0.3 is 6.18 Å². The monoisotopic (exact) mass is 550 g/mol. The highest BCUT2D eigenvalue weighted by Gasteiger charge is 2.31. The predicted octanol–water partition coefficient (Wildman–Crippen LogP) is 5.01. The molecule has 1 aliphatic rings.